The highest BCUT2D eigenvalue weighted by Crippen LogP contribution is 2.24. The summed E-state index contributed by atoms with van der Waals surface area (Å²) in [7, 11) is 0. The van der Waals surface area contributed by atoms with Crippen molar-refractivity contribution in [3.8, 4) is 5.75 Å². The smallest absolute Gasteiger partial charge is 0.256 e. The Bertz CT molecular complexity index is 617. The van der Waals surface area contributed by atoms with Crippen LogP contribution in [0.2, 0.25) is 0 Å². The van der Waals surface area contributed by atoms with Crippen molar-refractivity contribution in [2.24, 2.45) is 5.92 Å². The zero-order chi connectivity index (χ0) is 21.3. The van der Waals surface area contributed by atoms with Crippen molar-refractivity contribution in [2.75, 3.05) is 31.6 Å². The normalized spacial score (nSPS) is 19.7. The van der Waals surface area contributed by atoms with Crippen LogP contribution in [0.15, 0.2) is 24.3 Å². The van der Waals surface area contributed by atoms with Crippen molar-refractivity contribution in [1.29, 1.82) is 0 Å². The first-order chi connectivity index (χ1) is 13.8. The van der Waals surface area contributed by atoms with Gasteiger partial charge in [0.15, 0.2) is 0 Å². The molecule has 0 bridgehead atoms. The number of likely N-dealkylation sites (tertiary alicyclic amines) is 1. The van der Waals surface area contributed by atoms with Gasteiger partial charge in [0.05, 0.1) is 6.61 Å². The number of amides is 1. The zero-order valence-corrected chi connectivity index (χ0v) is 19.0. The summed E-state index contributed by atoms with van der Waals surface area (Å²) < 4.78 is 11.7. The number of ether oxygens (including phenoxy) is 2. The largest absolute Gasteiger partial charge is 0.494 e. The highest BCUT2D eigenvalue weighted by atomic mass is 16.5. The minimum atomic E-state index is -0.816. The van der Waals surface area contributed by atoms with E-state index in [4.69, 9.17) is 9.47 Å². The van der Waals surface area contributed by atoms with E-state index >= 15 is 0 Å². The van der Waals surface area contributed by atoms with Gasteiger partial charge in [0, 0.05) is 24.9 Å². The lowest BCUT2D eigenvalue weighted by atomic mass is 9.93. The molecule has 1 heterocycles. The van der Waals surface area contributed by atoms with Crippen molar-refractivity contribution in [2.45, 2.75) is 78.4 Å². The lowest BCUT2D eigenvalue weighted by Crippen LogP contribution is -2.43. The maximum absolute atomic E-state index is 12.8. The molecule has 5 heteroatoms. The first-order valence-electron chi connectivity index (χ1n) is 11.3. The van der Waals surface area contributed by atoms with Crippen LogP contribution in [0.4, 0.5) is 5.69 Å². The monoisotopic (exact) mass is 404 g/mol. The number of hydrogen-bond acceptors (Lipinski definition) is 4. The fourth-order valence-electron chi connectivity index (χ4n) is 4.16. The molecule has 29 heavy (non-hydrogen) atoms. The molecule has 2 atom stereocenters. The summed E-state index contributed by atoms with van der Waals surface area (Å²) in [5.74, 6) is 1.11. The molecule has 164 valence electrons. The third-order valence-corrected chi connectivity index (χ3v) is 5.65. The van der Waals surface area contributed by atoms with Crippen molar-refractivity contribution < 1.29 is 14.3 Å². The van der Waals surface area contributed by atoms with Gasteiger partial charge in [-0.1, -0.05) is 20.3 Å². The number of piperidine rings is 1. The van der Waals surface area contributed by atoms with Crippen LogP contribution < -0.4 is 10.1 Å². The zero-order valence-electron chi connectivity index (χ0n) is 19.0. The number of hydrogen-bond donors (Lipinski definition) is 1. The number of benzene rings is 1. The molecule has 1 aromatic carbocycles. The molecule has 0 spiro atoms. The average Bonchev–Trinajstić information content (AvgIpc) is 2.67. The Morgan fingerprint density at radius 2 is 2.00 bits per heavy atom. The van der Waals surface area contributed by atoms with Gasteiger partial charge in [-0.15, -0.1) is 0 Å². The molecule has 0 radical (unpaired) electrons. The lowest BCUT2D eigenvalue weighted by molar-refractivity contribution is -0.140. The summed E-state index contributed by atoms with van der Waals surface area (Å²) in [4.78, 5) is 15.3. The molecule has 0 aliphatic carbocycles. The molecular weight excluding hydrogens is 364 g/mol. The molecule has 1 aromatic rings. The molecule has 0 aromatic heterocycles. The predicted octanol–water partition coefficient (Wildman–Crippen LogP) is 5.11. The summed E-state index contributed by atoms with van der Waals surface area (Å²) in [6, 6.07) is 8.31. The van der Waals surface area contributed by atoms with E-state index in [1.807, 2.05) is 38.1 Å². The van der Waals surface area contributed by atoms with Crippen molar-refractivity contribution >= 4 is 11.6 Å². The molecule has 1 fully saturated rings. The first-order valence-corrected chi connectivity index (χ1v) is 11.3. The Morgan fingerprint density at radius 3 is 2.62 bits per heavy atom. The van der Waals surface area contributed by atoms with Gasteiger partial charge < -0.3 is 19.7 Å². The molecule has 0 saturated carbocycles. The Balaban J connectivity index is 1.79. The van der Waals surface area contributed by atoms with Crippen LogP contribution in [0, 0.1) is 5.92 Å². The Labute approximate surface area is 177 Å². The van der Waals surface area contributed by atoms with Gasteiger partial charge in [0.1, 0.15) is 11.4 Å². The molecule has 1 saturated heterocycles. The highest BCUT2D eigenvalue weighted by molar-refractivity contribution is 5.97. The summed E-state index contributed by atoms with van der Waals surface area (Å²) in [5.41, 5.74) is -0.0527. The minimum Gasteiger partial charge on any atom is -0.494 e. The topological polar surface area (TPSA) is 50.8 Å². The highest BCUT2D eigenvalue weighted by Gasteiger charge is 2.34. The van der Waals surface area contributed by atoms with Gasteiger partial charge in [-0.3, -0.25) is 4.79 Å². The van der Waals surface area contributed by atoms with Gasteiger partial charge in [-0.05, 0) is 83.2 Å². The molecule has 5 nitrogen and oxygen atoms in total. The number of nitrogens with zero attached hydrogens (tertiary/aromatic N) is 1. The number of nitrogens with one attached hydrogen (secondary N) is 1. The molecule has 1 amide bonds. The molecule has 1 aliphatic heterocycles. The van der Waals surface area contributed by atoms with E-state index in [-0.39, 0.29) is 5.91 Å². The number of rotatable bonds is 11. The van der Waals surface area contributed by atoms with Crippen LogP contribution in [-0.4, -0.2) is 48.8 Å². The second-order valence-corrected chi connectivity index (χ2v) is 8.82. The van der Waals surface area contributed by atoms with Gasteiger partial charge in [0.2, 0.25) is 0 Å². The van der Waals surface area contributed by atoms with E-state index in [0.29, 0.717) is 31.6 Å². The van der Waals surface area contributed by atoms with E-state index in [0.717, 1.165) is 24.4 Å². The third kappa shape index (κ3) is 7.63. The summed E-state index contributed by atoms with van der Waals surface area (Å²) in [6.07, 6.45) is 5.71. The van der Waals surface area contributed by atoms with E-state index in [2.05, 4.69) is 31.0 Å². The van der Waals surface area contributed by atoms with E-state index in [9.17, 15) is 4.79 Å². The van der Waals surface area contributed by atoms with E-state index in [1.165, 1.54) is 25.8 Å². The van der Waals surface area contributed by atoms with Crippen LogP contribution in [0.25, 0.3) is 0 Å². The standard InChI is InChI=1S/C24H40N2O3/c1-6-29-24(5,18-19(2)3)23(27)25-21-11-13-22(14-12-21)28-17-9-16-26-15-8-7-10-20(26)4/h11-14,19-20H,6-10,15-18H2,1-5H3,(H,25,27). The summed E-state index contributed by atoms with van der Waals surface area (Å²) in [6.45, 7) is 13.9. The molecule has 2 unspecified atom stereocenters. The van der Waals surface area contributed by atoms with Gasteiger partial charge in [0.25, 0.3) is 5.91 Å². The van der Waals surface area contributed by atoms with Crippen LogP contribution in [0.5, 0.6) is 5.75 Å². The van der Waals surface area contributed by atoms with Crippen LogP contribution in [0.3, 0.4) is 0 Å². The SMILES string of the molecule is CCOC(C)(CC(C)C)C(=O)Nc1ccc(OCCCN2CCCCC2C)cc1. The molecule has 1 N–H and O–H groups in total. The number of carbonyl (C=O) groups is 1. The third-order valence-electron chi connectivity index (χ3n) is 5.65. The van der Waals surface area contributed by atoms with Gasteiger partial charge in [-0.2, -0.15) is 0 Å². The molecule has 1 aliphatic rings. The van der Waals surface area contributed by atoms with Crippen molar-refractivity contribution in [3.63, 3.8) is 0 Å². The van der Waals surface area contributed by atoms with Crippen molar-refractivity contribution in [1.82, 2.24) is 4.90 Å². The second kappa shape index (κ2) is 11.6. The Morgan fingerprint density at radius 1 is 1.28 bits per heavy atom. The van der Waals surface area contributed by atoms with E-state index < -0.39 is 5.60 Å². The summed E-state index contributed by atoms with van der Waals surface area (Å²) in [5, 5.41) is 2.99. The fourth-order valence-corrected chi connectivity index (χ4v) is 4.16. The predicted molar refractivity (Wildman–Crippen MR) is 120 cm³/mol. The summed E-state index contributed by atoms with van der Waals surface area (Å²) >= 11 is 0. The maximum atomic E-state index is 12.8. The fraction of sp³-hybridized carbons (Fsp3) is 0.708. The lowest BCUT2D eigenvalue weighted by Gasteiger charge is -2.33. The van der Waals surface area contributed by atoms with E-state index in [1.54, 1.807) is 0 Å². The van der Waals surface area contributed by atoms with Gasteiger partial charge >= 0.3 is 0 Å². The minimum absolute atomic E-state index is 0.0997. The van der Waals surface area contributed by atoms with Crippen LogP contribution in [-0.2, 0) is 9.53 Å². The number of anilines is 1. The Hall–Kier alpha value is -1.59. The maximum Gasteiger partial charge on any atom is 0.256 e. The number of carbonyl (C=O) groups excluding carboxylic acids is 1. The van der Waals surface area contributed by atoms with Crippen molar-refractivity contribution in [3.05, 3.63) is 24.3 Å². The van der Waals surface area contributed by atoms with Gasteiger partial charge in [-0.25, -0.2) is 0 Å². The first kappa shape index (κ1) is 23.7. The molecule has 2 rings (SSSR count). The Kier molecular flexibility index (Phi) is 9.44. The molecular formula is C24H40N2O3. The van der Waals surface area contributed by atoms with Crippen LogP contribution >= 0.6 is 0 Å². The quantitative estimate of drug-likeness (QED) is 0.521. The average molecular weight is 405 g/mol. The second-order valence-electron chi connectivity index (χ2n) is 8.82. The van der Waals surface area contributed by atoms with Crippen LogP contribution in [0.1, 0.15) is 66.7 Å².